The van der Waals surface area contributed by atoms with Gasteiger partial charge in [0.25, 0.3) is 5.12 Å². The van der Waals surface area contributed by atoms with Crippen molar-refractivity contribution in [1.82, 2.24) is 0 Å². The van der Waals surface area contributed by atoms with E-state index in [9.17, 15) is 14.4 Å². The van der Waals surface area contributed by atoms with Gasteiger partial charge in [0.2, 0.25) is 5.91 Å². The molecule has 144 valence electrons. The molecule has 1 aromatic heterocycles. The predicted octanol–water partition coefficient (Wildman–Crippen LogP) is 4.13. The Balaban J connectivity index is 2.33. The van der Waals surface area contributed by atoms with Crippen LogP contribution in [0.3, 0.4) is 0 Å². The molecule has 0 fully saturated rings. The first-order valence-corrected chi connectivity index (χ1v) is 9.92. The lowest BCUT2D eigenvalue weighted by Crippen LogP contribution is -2.45. The van der Waals surface area contributed by atoms with Gasteiger partial charge in [-0.25, -0.2) is 4.79 Å². The molecule has 0 bridgehead atoms. The predicted molar refractivity (Wildman–Crippen MR) is 108 cm³/mol. The van der Waals surface area contributed by atoms with Crippen LogP contribution in [0.1, 0.15) is 28.6 Å². The average molecular weight is 454 g/mol. The Morgan fingerprint density at radius 2 is 1.96 bits per heavy atom. The number of hydrogen-bond donors (Lipinski definition) is 0. The minimum Gasteiger partial charge on any atom is -0.467 e. The fraction of sp³-hybridized carbons (Fsp3) is 0.316. The number of amides is 1. The highest BCUT2D eigenvalue weighted by Crippen LogP contribution is 2.33. The first-order valence-electron chi connectivity index (χ1n) is 8.14. The van der Waals surface area contributed by atoms with Gasteiger partial charge in [-0.1, -0.05) is 33.8 Å². The number of aryl methyl sites for hydroxylation is 1. The summed E-state index contributed by atoms with van der Waals surface area (Å²) in [6.45, 7) is 5.32. The maximum absolute atomic E-state index is 13.0. The van der Waals surface area contributed by atoms with Crippen LogP contribution in [-0.4, -0.2) is 35.9 Å². The van der Waals surface area contributed by atoms with E-state index < -0.39 is 12.0 Å². The van der Waals surface area contributed by atoms with Crippen molar-refractivity contribution in [3.05, 3.63) is 51.9 Å². The zero-order valence-corrected chi connectivity index (χ0v) is 17.8. The number of carbonyl (C=O) groups is 3. The maximum Gasteiger partial charge on any atom is 0.328 e. The first kappa shape index (κ1) is 21.2. The molecule has 6 nitrogen and oxygen atoms in total. The molecule has 0 aliphatic heterocycles. The number of furan rings is 1. The summed E-state index contributed by atoms with van der Waals surface area (Å²) >= 11 is 4.29. The molecule has 0 aliphatic rings. The first-order chi connectivity index (χ1) is 12.8. The third-order valence-electron chi connectivity index (χ3n) is 4.05. The SMILES string of the molecule is COC(=O)[C@H](C)N(C(=O)CSC(=O)c1ccco1)c1c(C)ccc(Br)c1C. The second-order valence-corrected chi connectivity index (χ2v) is 7.66. The summed E-state index contributed by atoms with van der Waals surface area (Å²) in [4.78, 5) is 38.7. The van der Waals surface area contributed by atoms with E-state index in [-0.39, 0.29) is 22.5 Å². The molecule has 0 radical (unpaired) electrons. The summed E-state index contributed by atoms with van der Waals surface area (Å²) in [5.74, 6) is -0.867. The van der Waals surface area contributed by atoms with Crippen LogP contribution in [-0.2, 0) is 14.3 Å². The smallest absolute Gasteiger partial charge is 0.328 e. The van der Waals surface area contributed by atoms with Gasteiger partial charge in [-0.05, 0) is 50.1 Å². The summed E-state index contributed by atoms with van der Waals surface area (Å²) in [5.41, 5.74) is 2.28. The monoisotopic (exact) mass is 453 g/mol. The van der Waals surface area contributed by atoms with Gasteiger partial charge >= 0.3 is 5.97 Å². The van der Waals surface area contributed by atoms with Crippen molar-refractivity contribution >= 4 is 50.4 Å². The van der Waals surface area contributed by atoms with E-state index in [2.05, 4.69) is 15.9 Å². The zero-order chi connectivity index (χ0) is 20.1. The molecule has 0 saturated carbocycles. The van der Waals surface area contributed by atoms with Gasteiger partial charge in [0, 0.05) is 4.47 Å². The number of hydrogen-bond acceptors (Lipinski definition) is 6. The number of methoxy groups -OCH3 is 1. The summed E-state index contributed by atoms with van der Waals surface area (Å²) in [7, 11) is 1.28. The van der Waals surface area contributed by atoms with E-state index in [0.29, 0.717) is 5.69 Å². The molecule has 1 heterocycles. The highest BCUT2D eigenvalue weighted by molar-refractivity contribution is 9.10. The fourth-order valence-electron chi connectivity index (χ4n) is 2.65. The summed E-state index contributed by atoms with van der Waals surface area (Å²) in [5, 5.41) is -0.346. The van der Waals surface area contributed by atoms with Crippen LogP contribution in [0.5, 0.6) is 0 Å². The molecule has 2 rings (SSSR count). The van der Waals surface area contributed by atoms with E-state index >= 15 is 0 Å². The molecule has 1 amide bonds. The van der Waals surface area contributed by atoms with Crippen LogP contribution in [0, 0.1) is 13.8 Å². The number of nitrogens with zero attached hydrogens (tertiary/aromatic N) is 1. The van der Waals surface area contributed by atoms with Crippen molar-refractivity contribution < 1.29 is 23.5 Å². The van der Waals surface area contributed by atoms with Crippen molar-refractivity contribution in [3.63, 3.8) is 0 Å². The number of esters is 1. The quantitative estimate of drug-likeness (QED) is 0.611. The number of benzene rings is 1. The second-order valence-electron chi connectivity index (χ2n) is 5.85. The number of carbonyl (C=O) groups excluding carboxylic acids is 3. The summed E-state index contributed by atoms with van der Waals surface area (Å²) < 4.78 is 10.7. The van der Waals surface area contributed by atoms with Gasteiger partial charge in [0.15, 0.2) is 5.76 Å². The number of halogens is 1. The molecule has 0 N–H and O–H groups in total. The number of thioether (sulfide) groups is 1. The van der Waals surface area contributed by atoms with Gasteiger partial charge in [0.1, 0.15) is 6.04 Å². The van der Waals surface area contributed by atoms with Crippen LogP contribution in [0.4, 0.5) is 5.69 Å². The van der Waals surface area contributed by atoms with Crippen LogP contribution < -0.4 is 4.90 Å². The third-order valence-corrected chi connectivity index (χ3v) is 5.77. The summed E-state index contributed by atoms with van der Waals surface area (Å²) in [6.07, 6.45) is 1.40. The molecule has 0 aliphatic carbocycles. The number of ether oxygens (including phenoxy) is 1. The Morgan fingerprint density at radius 1 is 1.26 bits per heavy atom. The lowest BCUT2D eigenvalue weighted by atomic mass is 10.1. The minimum absolute atomic E-state index is 0.133. The molecule has 8 heteroatoms. The molecule has 1 aromatic carbocycles. The average Bonchev–Trinajstić information content (AvgIpc) is 3.19. The highest BCUT2D eigenvalue weighted by Gasteiger charge is 2.31. The van der Waals surface area contributed by atoms with E-state index in [4.69, 9.17) is 9.15 Å². The van der Waals surface area contributed by atoms with Gasteiger partial charge in [-0.2, -0.15) is 0 Å². The highest BCUT2D eigenvalue weighted by atomic mass is 79.9. The van der Waals surface area contributed by atoms with Crippen LogP contribution in [0.25, 0.3) is 0 Å². The largest absolute Gasteiger partial charge is 0.467 e. The molecule has 2 aromatic rings. The molecule has 0 saturated heterocycles. The molecule has 0 unspecified atom stereocenters. The third kappa shape index (κ3) is 4.81. The minimum atomic E-state index is -0.839. The van der Waals surface area contributed by atoms with Gasteiger partial charge in [-0.15, -0.1) is 0 Å². The Kier molecular flexibility index (Phi) is 7.26. The van der Waals surface area contributed by atoms with E-state index in [1.165, 1.54) is 24.3 Å². The topological polar surface area (TPSA) is 76.8 Å². The normalized spacial score (nSPS) is 11.7. The lowest BCUT2D eigenvalue weighted by molar-refractivity contribution is -0.142. The van der Waals surface area contributed by atoms with E-state index in [1.807, 2.05) is 26.0 Å². The van der Waals surface area contributed by atoms with E-state index in [0.717, 1.165) is 27.4 Å². The van der Waals surface area contributed by atoms with Crippen molar-refractivity contribution in [2.45, 2.75) is 26.8 Å². The molecule has 0 spiro atoms. The van der Waals surface area contributed by atoms with Crippen LogP contribution in [0.2, 0.25) is 0 Å². The Morgan fingerprint density at radius 3 is 2.56 bits per heavy atom. The fourth-order valence-corrected chi connectivity index (χ4v) is 3.63. The Hall–Kier alpha value is -2.06. The molecular weight excluding hydrogens is 434 g/mol. The molecular formula is C19H20BrNO5S. The van der Waals surface area contributed by atoms with Crippen molar-refractivity contribution in [3.8, 4) is 0 Å². The van der Waals surface area contributed by atoms with Crippen molar-refractivity contribution in [2.24, 2.45) is 0 Å². The number of rotatable bonds is 6. The van der Waals surface area contributed by atoms with E-state index in [1.54, 1.807) is 13.0 Å². The summed E-state index contributed by atoms with van der Waals surface area (Å²) in [6, 6.07) is 6.05. The second kappa shape index (κ2) is 9.23. The standard InChI is InChI=1S/C19H20BrNO5S/c1-11-7-8-14(20)12(2)17(11)21(13(3)18(23)25-4)16(22)10-27-19(24)15-6-5-9-26-15/h5-9,13H,10H2,1-4H3/t13-/m0/s1. The van der Waals surface area contributed by atoms with Gasteiger partial charge in [-0.3, -0.25) is 14.5 Å². The van der Waals surface area contributed by atoms with Crippen LogP contribution >= 0.6 is 27.7 Å². The lowest BCUT2D eigenvalue weighted by Gasteiger charge is -2.30. The van der Waals surface area contributed by atoms with Gasteiger partial charge in [0.05, 0.1) is 24.8 Å². The zero-order valence-electron chi connectivity index (χ0n) is 15.4. The Labute approximate surface area is 170 Å². The Bertz CT molecular complexity index is 850. The van der Waals surface area contributed by atoms with Gasteiger partial charge < -0.3 is 9.15 Å². The van der Waals surface area contributed by atoms with Crippen LogP contribution in [0.15, 0.2) is 39.4 Å². The maximum atomic E-state index is 13.0. The van der Waals surface area contributed by atoms with Crippen molar-refractivity contribution in [2.75, 3.05) is 17.8 Å². The molecule has 27 heavy (non-hydrogen) atoms. The molecule has 1 atom stereocenters. The van der Waals surface area contributed by atoms with Crippen molar-refractivity contribution in [1.29, 1.82) is 0 Å². The number of anilines is 1.